The Bertz CT molecular complexity index is 676. The molecule has 2 aromatic heterocycles. The Labute approximate surface area is 170 Å². The predicted molar refractivity (Wildman–Crippen MR) is 112 cm³/mol. The molecule has 0 saturated carbocycles. The number of thiazole rings is 1. The van der Waals surface area contributed by atoms with Crippen LogP contribution in [0.15, 0.2) is 15.7 Å². The molecule has 2 aromatic rings. The summed E-state index contributed by atoms with van der Waals surface area (Å²) in [5.41, 5.74) is -0.143. The Morgan fingerprint density at radius 3 is 2.64 bits per heavy atom. The molecule has 2 heterocycles. The first-order valence-electron chi connectivity index (χ1n) is 8.13. The van der Waals surface area contributed by atoms with E-state index in [-0.39, 0.29) is 29.4 Å². The molecule has 0 atom stereocenters. The van der Waals surface area contributed by atoms with Crippen molar-refractivity contribution >= 4 is 41.3 Å². The zero-order valence-electron chi connectivity index (χ0n) is 15.4. The second-order valence-corrected chi connectivity index (χ2v) is 7.64. The van der Waals surface area contributed by atoms with E-state index in [1.165, 1.54) is 4.88 Å². The first kappa shape index (κ1) is 21.8. The number of hydrogen-bond acceptors (Lipinski definition) is 6. The molecule has 9 heteroatoms. The highest BCUT2D eigenvalue weighted by molar-refractivity contribution is 14.0. The molecule has 25 heavy (non-hydrogen) atoms. The van der Waals surface area contributed by atoms with E-state index < -0.39 is 0 Å². The van der Waals surface area contributed by atoms with Crippen molar-refractivity contribution in [3.05, 3.63) is 27.8 Å². The Morgan fingerprint density at radius 2 is 2.08 bits per heavy atom. The lowest BCUT2D eigenvalue weighted by Crippen LogP contribution is -2.38. The number of nitrogens with zero attached hydrogens (tertiary/aromatic N) is 4. The van der Waals surface area contributed by atoms with Gasteiger partial charge in [-0.25, -0.2) is 4.98 Å². The van der Waals surface area contributed by atoms with Gasteiger partial charge in [-0.2, -0.15) is 4.98 Å². The number of aliphatic imine (C=N–C) groups is 1. The molecule has 0 fully saturated rings. The van der Waals surface area contributed by atoms with Gasteiger partial charge in [0.25, 0.3) is 0 Å². The molecule has 2 rings (SSSR count). The topological polar surface area (TPSA) is 88.2 Å². The number of hydrogen-bond donors (Lipinski definition) is 2. The lowest BCUT2D eigenvalue weighted by Gasteiger charge is -2.11. The monoisotopic (exact) mass is 478 g/mol. The normalized spacial score (nSPS) is 12.0. The van der Waals surface area contributed by atoms with E-state index in [1.807, 2.05) is 27.0 Å². The van der Waals surface area contributed by atoms with Crippen LogP contribution in [0.2, 0.25) is 0 Å². The highest BCUT2D eigenvalue weighted by atomic mass is 127. The maximum absolute atomic E-state index is 5.28. The zero-order chi connectivity index (χ0) is 17.6. The van der Waals surface area contributed by atoms with Gasteiger partial charge in [-0.05, 0) is 6.42 Å². The highest BCUT2D eigenvalue weighted by Gasteiger charge is 2.21. The van der Waals surface area contributed by atoms with Gasteiger partial charge < -0.3 is 15.2 Å². The summed E-state index contributed by atoms with van der Waals surface area (Å²) in [6.07, 6.45) is 3.87. The largest absolute Gasteiger partial charge is 0.356 e. The lowest BCUT2D eigenvalue weighted by atomic mass is 9.97. The van der Waals surface area contributed by atoms with Gasteiger partial charge in [0, 0.05) is 36.5 Å². The molecule has 0 radical (unpaired) electrons. The van der Waals surface area contributed by atoms with Crippen LogP contribution in [-0.4, -0.2) is 34.7 Å². The molecule has 0 spiro atoms. The Kier molecular flexibility index (Phi) is 8.77. The summed E-state index contributed by atoms with van der Waals surface area (Å²) >= 11 is 1.76. The summed E-state index contributed by atoms with van der Waals surface area (Å²) in [5.74, 6) is 1.97. The molecule has 2 N–H and O–H groups in total. The van der Waals surface area contributed by atoms with Gasteiger partial charge in [0.05, 0.1) is 11.6 Å². The standard InChI is InChI=1S/C16H26N6OS.HI/c1-6-11-9-19-13(24-11)7-8-18-15(17-5)20-10-12-21-14(23-22-12)16(2,3)4;/h9H,6-8,10H2,1-5H3,(H2,17,18,20);1H. The molecule has 0 amide bonds. The smallest absolute Gasteiger partial charge is 0.232 e. The van der Waals surface area contributed by atoms with Gasteiger partial charge in [0.2, 0.25) is 5.89 Å². The van der Waals surface area contributed by atoms with E-state index in [0.29, 0.717) is 24.2 Å². The zero-order valence-corrected chi connectivity index (χ0v) is 18.6. The van der Waals surface area contributed by atoms with E-state index in [4.69, 9.17) is 4.52 Å². The van der Waals surface area contributed by atoms with Crippen LogP contribution >= 0.6 is 35.3 Å². The SMILES string of the molecule is CCc1cnc(CCNC(=NC)NCc2noc(C(C)(C)C)n2)s1.I. The van der Waals surface area contributed by atoms with Crippen LogP contribution in [0.3, 0.4) is 0 Å². The van der Waals surface area contributed by atoms with Crippen molar-refractivity contribution in [1.29, 1.82) is 0 Å². The number of aryl methyl sites for hydroxylation is 1. The number of rotatable bonds is 6. The van der Waals surface area contributed by atoms with Gasteiger partial charge >= 0.3 is 0 Å². The van der Waals surface area contributed by atoms with Gasteiger partial charge in [0.15, 0.2) is 11.8 Å². The van der Waals surface area contributed by atoms with Crippen molar-refractivity contribution in [2.75, 3.05) is 13.6 Å². The number of aromatic nitrogens is 3. The average Bonchev–Trinajstić information content (AvgIpc) is 3.19. The third-order valence-electron chi connectivity index (χ3n) is 3.33. The Hall–Kier alpha value is -1.23. The molecule has 0 bridgehead atoms. The summed E-state index contributed by atoms with van der Waals surface area (Å²) in [4.78, 5) is 14.3. The molecule has 7 nitrogen and oxygen atoms in total. The first-order valence-corrected chi connectivity index (χ1v) is 8.95. The summed E-state index contributed by atoms with van der Waals surface area (Å²) in [6, 6.07) is 0. The summed E-state index contributed by atoms with van der Waals surface area (Å²) in [7, 11) is 1.74. The van der Waals surface area contributed by atoms with Gasteiger partial charge in [-0.3, -0.25) is 4.99 Å². The van der Waals surface area contributed by atoms with Crippen LogP contribution in [-0.2, 0) is 24.8 Å². The summed E-state index contributed by atoms with van der Waals surface area (Å²) in [6.45, 7) is 9.51. The van der Waals surface area contributed by atoms with Crippen LogP contribution in [0.25, 0.3) is 0 Å². The van der Waals surface area contributed by atoms with E-state index in [9.17, 15) is 0 Å². The third-order valence-corrected chi connectivity index (χ3v) is 4.53. The van der Waals surface area contributed by atoms with Crippen LogP contribution in [0.5, 0.6) is 0 Å². The molecule has 0 unspecified atom stereocenters. The first-order chi connectivity index (χ1) is 11.4. The van der Waals surface area contributed by atoms with Crippen LogP contribution < -0.4 is 10.6 Å². The second kappa shape index (κ2) is 10.0. The molecule has 0 aromatic carbocycles. The van der Waals surface area contributed by atoms with Crippen LogP contribution in [0, 0.1) is 0 Å². The second-order valence-electron chi connectivity index (χ2n) is 6.44. The molecular formula is C16H27IN6OS. The van der Waals surface area contributed by atoms with Gasteiger partial charge in [-0.15, -0.1) is 35.3 Å². The quantitative estimate of drug-likeness (QED) is 0.377. The molecule has 0 aliphatic rings. The summed E-state index contributed by atoms with van der Waals surface area (Å²) < 4.78 is 5.28. The molecular weight excluding hydrogens is 451 g/mol. The fourth-order valence-corrected chi connectivity index (χ4v) is 2.79. The highest BCUT2D eigenvalue weighted by Crippen LogP contribution is 2.19. The van der Waals surface area contributed by atoms with E-state index in [1.54, 1.807) is 18.4 Å². The van der Waals surface area contributed by atoms with Crippen molar-refractivity contribution in [2.24, 2.45) is 4.99 Å². The van der Waals surface area contributed by atoms with Crippen LogP contribution in [0.4, 0.5) is 0 Å². The number of guanidine groups is 1. The van der Waals surface area contributed by atoms with Crippen LogP contribution in [0.1, 0.15) is 49.3 Å². The maximum atomic E-state index is 5.28. The number of nitrogens with one attached hydrogen (secondary N) is 2. The fourth-order valence-electron chi connectivity index (χ4n) is 1.93. The number of halogens is 1. The lowest BCUT2D eigenvalue weighted by molar-refractivity contribution is 0.318. The molecule has 0 aliphatic carbocycles. The third kappa shape index (κ3) is 6.89. The van der Waals surface area contributed by atoms with E-state index in [2.05, 4.69) is 37.7 Å². The maximum Gasteiger partial charge on any atom is 0.232 e. The van der Waals surface area contributed by atoms with Crippen molar-refractivity contribution in [3.8, 4) is 0 Å². The van der Waals surface area contributed by atoms with Gasteiger partial charge in [0.1, 0.15) is 0 Å². The Balaban J connectivity index is 0.00000312. The van der Waals surface area contributed by atoms with Crippen molar-refractivity contribution in [3.63, 3.8) is 0 Å². The van der Waals surface area contributed by atoms with Crippen molar-refractivity contribution < 1.29 is 4.52 Å². The predicted octanol–water partition coefficient (Wildman–Crippen LogP) is 2.91. The van der Waals surface area contributed by atoms with Crippen molar-refractivity contribution in [2.45, 2.75) is 52.5 Å². The molecule has 0 aliphatic heterocycles. The minimum atomic E-state index is -0.143. The Morgan fingerprint density at radius 1 is 1.32 bits per heavy atom. The van der Waals surface area contributed by atoms with E-state index >= 15 is 0 Å². The van der Waals surface area contributed by atoms with Crippen molar-refractivity contribution in [1.82, 2.24) is 25.8 Å². The minimum absolute atomic E-state index is 0. The van der Waals surface area contributed by atoms with E-state index in [0.717, 1.165) is 24.4 Å². The molecule has 0 saturated heterocycles. The average molecular weight is 478 g/mol. The van der Waals surface area contributed by atoms with Gasteiger partial charge in [-0.1, -0.05) is 32.9 Å². The summed E-state index contributed by atoms with van der Waals surface area (Å²) in [5, 5.41) is 11.6. The minimum Gasteiger partial charge on any atom is -0.356 e. The fraction of sp³-hybridized carbons (Fsp3) is 0.625. The molecule has 140 valence electrons.